The highest BCUT2D eigenvalue weighted by atomic mass is 16.2. The molecule has 0 aromatic rings. The van der Waals surface area contributed by atoms with Gasteiger partial charge in [0.25, 0.3) is 0 Å². The first-order valence-corrected chi connectivity index (χ1v) is 3.28. The molecular formula is C7H10N2O2. The molecule has 0 aromatic heterocycles. The number of rotatable bonds is 2. The van der Waals surface area contributed by atoms with Gasteiger partial charge in [0.05, 0.1) is 6.07 Å². The van der Waals surface area contributed by atoms with Crippen LogP contribution >= 0.6 is 0 Å². The van der Waals surface area contributed by atoms with E-state index in [1.54, 1.807) is 19.9 Å². The lowest BCUT2D eigenvalue weighted by molar-refractivity contribution is -0.131. The van der Waals surface area contributed by atoms with Crippen molar-refractivity contribution in [2.24, 2.45) is 5.92 Å². The van der Waals surface area contributed by atoms with Gasteiger partial charge in [0.15, 0.2) is 0 Å². The average Bonchev–Trinajstić information content (AvgIpc) is 1.87. The summed E-state index contributed by atoms with van der Waals surface area (Å²) in [7, 11) is 0. The van der Waals surface area contributed by atoms with E-state index in [0.717, 1.165) is 0 Å². The van der Waals surface area contributed by atoms with Crippen LogP contribution in [0.3, 0.4) is 0 Å². The summed E-state index contributed by atoms with van der Waals surface area (Å²) >= 11 is 0. The molecule has 11 heavy (non-hydrogen) atoms. The van der Waals surface area contributed by atoms with E-state index in [9.17, 15) is 9.59 Å². The van der Waals surface area contributed by atoms with Crippen molar-refractivity contribution in [1.82, 2.24) is 5.32 Å². The maximum atomic E-state index is 10.8. The molecule has 2 amide bonds. The Hall–Kier alpha value is -1.37. The number of carbonyl (C=O) groups is 2. The van der Waals surface area contributed by atoms with Crippen molar-refractivity contribution < 1.29 is 9.59 Å². The van der Waals surface area contributed by atoms with Gasteiger partial charge < -0.3 is 0 Å². The predicted molar refractivity (Wildman–Crippen MR) is 38.2 cm³/mol. The Bertz CT molecular complexity index is 203. The molecule has 0 fully saturated rings. The SMILES string of the molecule is CC(C)C(=O)NC(=O)CC#N. The van der Waals surface area contributed by atoms with Crippen molar-refractivity contribution >= 4 is 11.8 Å². The van der Waals surface area contributed by atoms with E-state index in [2.05, 4.69) is 5.32 Å². The Balaban J connectivity index is 3.78. The minimum Gasteiger partial charge on any atom is -0.295 e. The molecule has 0 spiro atoms. The number of amides is 2. The van der Waals surface area contributed by atoms with Crippen LogP contribution < -0.4 is 5.32 Å². The van der Waals surface area contributed by atoms with E-state index >= 15 is 0 Å². The summed E-state index contributed by atoms with van der Waals surface area (Å²) in [6.45, 7) is 3.35. The second-order valence-corrected chi connectivity index (χ2v) is 2.40. The van der Waals surface area contributed by atoms with Crippen molar-refractivity contribution in [1.29, 1.82) is 5.26 Å². The quantitative estimate of drug-likeness (QED) is 0.617. The lowest BCUT2D eigenvalue weighted by atomic mass is 10.2. The number of carbonyl (C=O) groups excluding carboxylic acids is 2. The zero-order chi connectivity index (χ0) is 8.85. The number of nitrogens with one attached hydrogen (secondary N) is 1. The second kappa shape index (κ2) is 4.45. The fourth-order valence-electron chi connectivity index (χ4n) is 0.398. The highest BCUT2D eigenvalue weighted by Crippen LogP contribution is 1.90. The Morgan fingerprint density at radius 3 is 2.45 bits per heavy atom. The molecule has 0 bridgehead atoms. The molecule has 0 heterocycles. The minimum atomic E-state index is -0.536. The van der Waals surface area contributed by atoms with Gasteiger partial charge in [-0.3, -0.25) is 14.9 Å². The fraction of sp³-hybridized carbons (Fsp3) is 0.571. The van der Waals surface area contributed by atoms with Crippen LogP contribution in [-0.2, 0) is 9.59 Å². The summed E-state index contributed by atoms with van der Waals surface area (Å²) < 4.78 is 0. The van der Waals surface area contributed by atoms with Gasteiger partial charge in [0, 0.05) is 5.92 Å². The Morgan fingerprint density at radius 1 is 1.55 bits per heavy atom. The summed E-state index contributed by atoms with van der Waals surface area (Å²) in [6.07, 6.45) is -0.265. The summed E-state index contributed by atoms with van der Waals surface area (Å²) in [5.74, 6) is -1.10. The first-order valence-electron chi connectivity index (χ1n) is 3.28. The third-order valence-corrected chi connectivity index (χ3v) is 1.03. The van der Waals surface area contributed by atoms with Crippen LogP contribution in [0, 0.1) is 17.2 Å². The number of imide groups is 1. The lowest BCUT2D eigenvalue weighted by Crippen LogP contribution is -2.33. The van der Waals surface area contributed by atoms with Gasteiger partial charge in [-0.2, -0.15) is 5.26 Å². The predicted octanol–water partition coefficient (Wildman–Crippen LogP) is 0.199. The summed E-state index contributed by atoms with van der Waals surface area (Å²) in [5, 5.41) is 10.1. The standard InChI is InChI=1S/C7H10N2O2/c1-5(2)7(11)9-6(10)3-4-8/h5H,3H2,1-2H3,(H,9,10,11). The molecule has 0 aliphatic heterocycles. The lowest BCUT2D eigenvalue weighted by Gasteiger charge is -2.02. The van der Waals surface area contributed by atoms with Crippen molar-refractivity contribution in [3.05, 3.63) is 0 Å². The normalized spacial score (nSPS) is 8.91. The smallest absolute Gasteiger partial charge is 0.240 e. The van der Waals surface area contributed by atoms with Crippen LogP contribution in [0.5, 0.6) is 0 Å². The van der Waals surface area contributed by atoms with Crippen LogP contribution in [-0.4, -0.2) is 11.8 Å². The Labute approximate surface area is 65.2 Å². The first kappa shape index (κ1) is 9.63. The van der Waals surface area contributed by atoms with E-state index in [1.165, 1.54) is 0 Å². The second-order valence-electron chi connectivity index (χ2n) is 2.40. The van der Waals surface area contributed by atoms with E-state index in [-0.39, 0.29) is 18.2 Å². The molecule has 4 heteroatoms. The minimum absolute atomic E-state index is 0.224. The van der Waals surface area contributed by atoms with E-state index in [1.807, 2.05) is 0 Å². The van der Waals surface area contributed by atoms with Crippen molar-refractivity contribution in [2.75, 3.05) is 0 Å². The van der Waals surface area contributed by atoms with Gasteiger partial charge in [0.1, 0.15) is 6.42 Å². The number of hydrogen-bond donors (Lipinski definition) is 1. The number of nitriles is 1. The highest BCUT2D eigenvalue weighted by molar-refractivity contribution is 5.96. The van der Waals surface area contributed by atoms with E-state index < -0.39 is 5.91 Å². The third kappa shape index (κ3) is 4.09. The maximum Gasteiger partial charge on any atom is 0.240 e. The molecule has 0 saturated carbocycles. The molecule has 0 aliphatic carbocycles. The molecule has 0 aromatic carbocycles. The molecule has 60 valence electrons. The molecule has 0 aliphatic rings. The van der Waals surface area contributed by atoms with Gasteiger partial charge in [-0.05, 0) is 0 Å². The van der Waals surface area contributed by atoms with Crippen molar-refractivity contribution in [2.45, 2.75) is 20.3 Å². The maximum absolute atomic E-state index is 10.8. The zero-order valence-electron chi connectivity index (χ0n) is 6.55. The van der Waals surface area contributed by atoms with Gasteiger partial charge in [0.2, 0.25) is 11.8 Å². The molecule has 0 rings (SSSR count). The van der Waals surface area contributed by atoms with Gasteiger partial charge in [-0.25, -0.2) is 0 Å². The fourth-order valence-corrected chi connectivity index (χ4v) is 0.398. The highest BCUT2D eigenvalue weighted by Gasteiger charge is 2.09. The molecule has 0 atom stereocenters. The monoisotopic (exact) mass is 154 g/mol. The molecule has 1 N–H and O–H groups in total. The van der Waals surface area contributed by atoms with Crippen LogP contribution in [0.4, 0.5) is 0 Å². The van der Waals surface area contributed by atoms with E-state index in [4.69, 9.17) is 5.26 Å². The Kier molecular flexibility index (Phi) is 3.89. The number of hydrogen-bond acceptors (Lipinski definition) is 3. The van der Waals surface area contributed by atoms with Gasteiger partial charge >= 0.3 is 0 Å². The van der Waals surface area contributed by atoms with Crippen molar-refractivity contribution in [3.63, 3.8) is 0 Å². The van der Waals surface area contributed by atoms with Crippen LogP contribution in [0.2, 0.25) is 0 Å². The Morgan fingerprint density at radius 2 is 2.09 bits per heavy atom. The summed E-state index contributed by atoms with van der Waals surface area (Å²) in [6, 6.07) is 1.65. The molecule has 0 unspecified atom stereocenters. The van der Waals surface area contributed by atoms with Crippen LogP contribution in [0.15, 0.2) is 0 Å². The molecule has 0 saturated heterocycles. The zero-order valence-corrected chi connectivity index (χ0v) is 6.55. The largest absolute Gasteiger partial charge is 0.295 e. The van der Waals surface area contributed by atoms with E-state index in [0.29, 0.717) is 0 Å². The third-order valence-electron chi connectivity index (χ3n) is 1.03. The molecule has 0 radical (unpaired) electrons. The average molecular weight is 154 g/mol. The van der Waals surface area contributed by atoms with Crippen LogP contribution in [0.1, 0.15) is 20.3 Å². The number of nitrogens with zero attached hydrogens (tertiary/aromatic N) is 1. The van der Waals surface area contributed by atoms with Gasteiger partial charge in [-0.1, -0.05) is 13.8 Å². The van der Waals surface area contributed by atoms with Gasteiger partial charge in [-0.15, -0.1) is 0 Å². The molecular weight excluding hydrogens is 144 g/mol. The molecule has 4 nitrogen and oxygen atoms in total. The summed E-state index contributed by atoms with van der Waals surface area (Å²) in [5.41, 5.74) is 0. The summed E-state index contributed by atoms with van der Waals surface area (Å²) in [4.78, 5) is 21.4. The first-order chi connectivity index (χ1) is 5.07. The van der Waals surface area contributed by atoms with Crippen molar-refractivity contribution in [3.8, 4) is 6.07 Å². The van der Waals surface area contributed by atoms with Crippen LogP contribution in [0.25, 0.3) is 0 Å². The topological polar surface area (TPSA) is 70.0 Å².